The largest absolute Gasteiger partial charge is 0.339 e. The van der Waals surface area contributed by atoms with Gasteiger partial charge in [0.25, 0.3) is 5.91 Å². The molecule has 2 rings (SSSR count). The zero-order valence-corrected chi connectivity index (χ0v) is 11.5. The first-order valence-electron chi connectivity index (χ1n) is 6.05. The highest BCUT2D eigenvalue weighted by atomic mass is 35.5. The molecule has 98 valence electrons. The molecule has 1 aliphatic rings. The van der Waals surface area contributed by atoms with Crippen molar-refractivity contribution in [1.29, 1.82) is 0 Å². The Kier molecular flexibility index (Phi) is 4.49. The molecular weight excluding hydrogens is 271 g/mol. The van der Waals surface area contributed by atoms with Crippen LogP contribution in [0.5, 0.6) is 0 Å². The SMILES string of the molecule is NCC1CCN(C(=O)c2cc(Cl)cc(Cl)c2)CC1. The summed E-state index contributed by atoms with van der Waals surface area (Å²) in [7, 11) is 0. The van der Waals surface area contributed by atoms with Crippen LogP contribution in [0.2, 0.25) is 10.0 Å². The standard InChI is InChI=1S/C13H16Cl2N2O/c14-11-5-10(6-12(15)7-11)13(18)17-3-1-9(8-16)2-4-17/h5-7,9H,1-4,8,16H2. The molecule has 0 spiro atoms. The lowest BCUT2D eigenvalue weighted by Crippen LogP contribution is -2.40. The molecule has 0 aliphatic carbocycles. The Morgan fingerprint density at radius 3 is 2.28 bits per heavy atom. The van der Waals surface area contributed by atoms with E-state index in [0.29, 0.717) is 28.1 Å². The van der Waals surface area contributed by atoms with Crippen molar-refractivity contribution >= 4 is 29.1 Å². The van der Waals surface area contributed by atoms with Crippen LogP contribution in [0.25, 0.3) is 0 Å². The van der Waals surface area contributed by atoms with Crippen LogP contribution >= 0.6 is 23.2 Å². The molecule has 0 unspecified atom stereocenters. The monoisotopic (exact) mass is 286 g/mol. The van der Waals surface area contributed by atoms with Gasteiger partial charge in [0, 0.05) is 28.7 Å². The molecule has 3 nitrogen and oxygen atoms in total. The second kappa shape index (κ2) is 5.91. The Bertz CT molecular complexity index is 422. The molecule has 1 aromatic carbocycles. The molecule has 0 saturated carbocycles. The van der Waals surface area contributed by atoms with Crippen molar-refractivity contribution in [2.75, 3.05) is 19.6 Å². The fourth-order valence-electron chi connectivity index (χ4n) is 2.23. The minimum Gasteiger partial charge on any atom is -0.339 e. The average molecular weight is 287 g/mol. The molecule has 1 heterocycles. The van der Waals surface area contributed by atoms with Crippen molar-refractivity contribution in [3.8, 4) is 0 Å². The molecule has 0 aromatic heterocycles. The van der Waals surface area contributed by atoms with E-state index in [1.54, 1.807) is 18.2 Å². The van der Waals surface area contributed by atoms with Crippen LogP contribution < -0.4 is 5.73 Å². The number of piperidine rings is 1. The molecule has 0 atom stereocenters. The Morgan fingerprint density at radius 2 is 1.78 bits per heavy atom. The van der Waals surface area contributed by atoms with E-state index >= 15 is 0 Å². The summed E-state index contributed by atoms with van der Waals surface area (Å²) in [6, 6.07) is 4.94. The number of amides is 1. The fraction of sp³-hybridized carbons (Fsp3) is 0.462. The average Bonchev–Trinajstić information content (AvgIpc) is 2.37. The lowest BCUT2D eigenvalue weighted by Gasteiger charge is -2.31. The van der Waals surface area contributed by atoms with Gasteiger partial charge in [-0.2, -0.15) is 0 Å². The summed E-state index contributed by atoms with van der Waals surface area (Å²) in [5.41, 5.74) is 6.19. The Labute approximate surface area is 117 Å². The predicted molar refractivity (Wildman–Crippen MR) is 74.1 cm³/mol. The van der Waals surface area contributed by atoms with E-state index in [4.69, 9.17) is 28.9 Å². The topological polar surface area (TPSA) is 46.3 Å². The van der Waals surface area contributed by atoms with Gasteiger partial charge in [-0.1, -0.05) is 23.2 Å². The van der Waals surface area contributed by atoms with Crippen molar-refractivity contribution < 1.29 is 4.79 Å². The smallest absolute Gasteiger partial charge is 0.253 e. The second-order valence-electron chi connectivity index (χ2n) is 4.63. The van der Waals surface area contributed by atoms with Crippen LogP contribution in [0.1, 0.15) is 23.2 Å². The van der Waals surface area contributed by atoms with Crippen molar-refractivity contribution in [2.45, 2.75) is 12.8 Å². The van der Waals surface area contributed by atoms with E-state index in [1.165, 1.54) is 0 Å². The first-order chi connectivity index (χ1) is 8.60. The maximum atomic E-state index is 12.3. The molecule has 1 aliphatic heterocycles. The van der Waals surface area contributed by atoms with Crippen molar-refractivity contribution in [1.82, 2.24) is 4.90 Å². The quantitative estimate of drug-likeness (QED) is 0.909. The molecule has 18 heavy (non-hydrogen) atoms. The van der Waals surface area contributed by atoms with Gasteiger partial charge in [0.2, 0.25) is 0 Å². The van der Waals surface area contributed by atoms with Gasteiger partial charge in [-0.05, 0) is 43.5 Å². The summed E-state index contributed by atoms with van der Waals surface area (Å²) in [5, 5.41) is 0.977. The second-order valence-corrected chi connectivity index (χ2v) is 5.50. The van der Waals surface area contributed by atoms with E-state index in [9.17, 15) is 4.79 Å². The summed E-state index contributed by atoms with van der Waals surface area (Å²) in [6.45, 7) is 2.21. The number of benzene rings is 1. The lowest BCUT2D eigenvalue weighted by molar-refractivity contribution is 0.0693. The van der Waals surface area contributed by atoms with Crippen LogP contribution in [0.3, 0.4) is 0 Å². The van der Waals surface area contributed by atoms with E-state index < -0.39 is 0 Å². The zero-order chi connectivity index (χ0) is 13.1. The van der Waals surface area contributed by atoms with Crippen LogP contribution in [0, 0.1) is 5.92 Å². The van der Waals surface area contributed by atoms with Gasteiger partial charge >= 0.3 is 0 Å². The molecule has 5 heteroatoms. The molecule has 1 aromatic rings. The fourth-order valence-corrected chi connectivity index (χ4v) is 2.76. The normalized spacial score (nSPS) is 16.9. The minimum atomic E-state index is -0.00475. The number of hydrogen-bond acceptors (Lipinski definition) is 2. The maximum Gasteiger partial charge on any atom is 0.253 e. The first-order valence-corrected chi connectivity index (χ1v) is 6.81. The van der Waals surface area contributed by atoms with Gasteiger partial charge < -0.3 is 10.6 Å². The van der Waals surface area contributed by atoms with Crippen molar-refractivity contribution in [3.05, 3.63) is 33.8 Å². The molecule has 1 saturated heterocycles. The Hall–Kier alpha value is -0.770. The molecule has 1 amide bonds. The number of halogens is 2. The third-order valence-electron chi connectivity index (χ3n) is 3.34. The van der Waals surface area contributed by atoms with Gasteiger partial charge in [-0.25, -0.2) is 0 Å². The number of hydrogen-bond donors (Lipinski definition) is 1. The van der Waals surface area contributed by atoms with E-state index in [1.807, 2.05) is 4.90 Å². The summed E-state index contributed by atoms with van der Waals surface area (Å²) in [4.78, 5) is 14.1. The van der Waals surface area contributed by atoms with E-state index in [-0.39, 0.29) is 5.91 Å². The van der Waals surface area contributed by atoms with E-state index in [0.717, 1.165) is 25.9 Å². The summed E-state index contributed by atoms with van der Waals surface area (Å²) in [5.74, 6) is 0.534. The highest BCUT2D eigenvalue weighted by Crippen LogP contribution is 2.22. The first kappa shape index (κ1) is 13.7. The highest BCUT2D eigenvalue weighted by molar-refractivity contribution is 6.35. The number of rotatable bonds is 2. The van der Waals surface area contributed by atoms with E-state index in [2.05, 4.69) is 0 Å². The Balaban J connectivity index is 2.07. The Morgan fingerprint density at radius 1 is 1.22 bits per heavy atom. The summed E-state index contributed by atoms with van der Waals surface area (Å²) in [6.07, 6.45) is 1.94. The van der Waals surface area contributed by atoms with Crippen LogP contribution in [-0.2, 0) is 0 Å². The number of carbonyl (C=O) groups excluding carboxylic acids is 1. The van der Waals surface area contributed by atoms with Crippen molar-refractivity contribution in [2.24, 2.45) is 11.7 Å². The summed E-state index contributed by atoms with van der Waals surface area (Å²) >= 11 is 11.8. The van der Waals surface area contributed by atoms with Crippen LogP contribution in [-0.4, -0.2) is 30.4 Å². The van der Waals surface area contributed by atoms with Gasteiger partial charge in [-0.15, -0.1) is 0 Å². The molecule has 0 radical (unpaired) electrons. The van der Waals surface area contributed by atoms with Gasteiger partial charge in [0.15, 0.2) is 0 Å². The van der Waals surface area contributed by atoms with Gasteiger partial charge in [0.05, 0.1) is 0 Å². The number of nitrogens with zero attached hydrogens (tertiary/aromatic N) is 1. The van der Waals surface area contributed by atoms with Crippen LogP contribution in [0.15, 0.2) is 18.2 Å². The molecular formula is C13H16Cl2N2O. The number of nitrogens with two attached hydrogens (primary N) is 1. The maximum absolute atomic E-state index is 12.3. The third kappa shape index (κ3) is 3.16. The van der Waals surface area contributed by atoms with Crippen LogP contribution in [0.4, 0.5) is 0 Å². The predicted octanol–water partition coefficient (Wildman–Crippen LogP) is 2.80. The lowest BCUT2D eigenvalue weighted by atomic mass is 9.96. The van der Waals surface area contributed by atoms with Gasteiger partial charge in [-0.3, -0.25) is 4.79 Å². The minimum absolute atomic E-state index is 0.00475. The summed E-state index contributed by atoms with van der Waals surface area (Å²) < 4.78 is 0. The van der Waals surface area contributed by atoms with Gasteiger partial charge in [0.1, 0.15) is 0 Å². The zero-order valence-electron chi connectivity index (χ0n) is 10.0. The highest BCUT2D eigenvalue weighted by Gasteiger charge is 2.23. The number of likely N-dealkylation sites (tertiary alicyclic amines) is 1. The van der Waals surface area contributed by atoms with Crippen molar-refractivity contribution in [3.63, 3.8) is 0 Å². The molecule has 0 bridgehead atoms. The molecule has 1 fully saturated rings. The molecule has 2 N–H and O–H groups in total. The third-order valence-corrected chi connectivity index (χ3v) is 3.78. The number of carbonyl (C=O) groups is 1.